The molecule has 7 heteroatoms. The number of halogens is 2. The summed E-state index contributed by atoms with van der Waals surface area (Å²) in [6, 6.07) is 27.0. The number of benzene rings is 3. The third kappa shape index (κ3) is 7.23. The summed E-state index contributed by atoms with van der Waals surface area (Å²) in [5.74, 6) is 0.216. The van der Waals surface area contributed by atoms with Gasteiger partial charge in [0.2, 0.25) is 11.8 Å². The van der Waals surface area contributed by atoms with Crippen molar-refractivity contribution in [3.63, 3.8) is 0 Å². The van der Waals surface area contributed by atoms with Crippen molar-refractivity contribution in [2.24, 2.45) is 0 Å². The van der Waals surface area contributed by atoms with Crippen LogP contribution in [0.25, 0.3) is 0 Å². The Kier molecular flexibility index (Phi) is 8.82. The summed E-state index contributed by atoms with van der Waals surface area (Å²) in [7, 11) is 0. The van der Waals surface area contributed by atoms with Gasteiger partial charge < -0.3 is 14.6 Å². The zero-order valence-electron chi connectivity index (χ0n) is 19.6. The van der Waals surface area contributed by atoms with Crippen LogP contribution in [0.5, 0.6) is 0 Å². The lowest BCUT2D eigenvalue weighted by molar-refractivity contribution is -0.140. The van der Waals surface area contributed by atoms with Gasteiger partial charge in [0, 0.05) is 23.0 Å². The Balaban J connectivity index is 1.64. The van der Waals surface area contributed by atoms with E-state index in [1.807, 2.05) is 54.6 Å². The molecule has 0 saturated heterocycles. The SMILES string of the molecule is O=C(NCc1ccco1)[C@@H](Cc1ccccc1)N(Cc1ccc(Cl)cc1)C(=O)Cc1ccc(Cl)cc1. The zero-order chi connectivity index (χ0) is 25.3. The number of furan rings is 1. The van der Waals surface area contributed by atoms with Crippen LogP contribution in [0.2, 0.25) is 10.0 Å². The highest BCUT2D eigenvalue weighted by atomic mass is 35.5. The minimum absolute atomic E-state index is 0.140. The summed E-state index contributed by atoms with van der Waals surface area (Å²) in [5.41, 5.74) is 2.65. The Morgan fingerprint density at radius 2 is 1.42 bits per heavy atom. The molecule has 36 heavy (non-hydrogen) atoms. The fourth-order valence-corrected chi connectivity index (χ4v) is 4.18. The van der Waals surface area contributed by atoms with Gasteiger partial charge in [-0.15, -0.1) is 0 Å². The van der Waals surface area contributed by atoms with Crippen molar-refractivity contribution in [2.75, 3.05) is 0 Å². The molecule has 4 aromatic rings. The first-order valence-corrected chi connectivity index (χ1v) is 12.4. The van der Waals surface area contributed by atoms with E-state index >= 15 is 0 Å². The molecular weight excluding hydrogens is 495 g/mol. The largest absolute Gasteiger partial charge is 0.467 e. The number of hydrogen-bond donors (Lipinski definition) is 1. The fraction of sp³-hybridized carbons (Fsp3) is 0.172. The number of rotatable bonds is 10. The van der Waals surface area contributed by atoms with E-state index in [1.54, 1.807) is 47.6 Å². The molecule has 0 aliphatic heterocycles. The predicted molar refractivity (Wildman–Crippen MR) is 142 cm³/mol. The van der Waals surface area contributed by atoms with Crippen LogP contribution in [-0.2, 0) is 35.5 Å². The van der Waals surface area contributed by atoms with Gasteiger partial charge in [-0.05, 0) is 53.1 Å². The van der Waals surface area contributed by atoms with E-state index in [9.17, 15) is 9.59 Å². The lowest BCUT2D eigenvalue weighted by Crippen LogP contribution is -2.50. The highest BCUT2D eigenvalue weighted by Gasteiger charge is 2.30. The van der Waals surface area contributed by atoms with E-state index in [4.69, 9.17) is 27.6 Å². The summed E-state index contributed by atoms with van der Waals surface area (Å²) >= 11 is 12.1. The van der Waals surface area contributed by atoms with E-state index in [-0.39, 0.29) is 31.3 Å². The van der Waals surface area contributed by atoms with Crippen LogP contribution in [-0.4, -0.2) is 22.8 Å². The van der Waals surface area contributed by atoms with Crippen LogP contribution in [0.4, 0.5) is 0 Å². The van der Waals surface area contributed by atoms with E-state index in [2.05, 4.69) is 5.32 Å². The first kappa shape index (κ1) is 25.5. The van der Waals surface area contributed by atoms with Crippen molar-refractivity contribution in [2.45, 2.75) is 32.0 Å². The molecule has 1 atom stereocenters. The molecule has 1 aromatic heterocycles. The quantitative estimate of drug-likeness (QED) is 0.275. The Bertz CT molecular complexity index is 1260. The molecule has 0 saturated carbocycles. The zero-order valence-corrected chi connectivity index (χ0v) is 21.1. The Morgan fingerprint density at radius 3 is 2.03 bits per heavy atom. The maximum Gasteiger partial charge on any atom is 0.243 e. The third-order valence-corrected chi connectivity index (χ3v) is 6.33. The van der Waals surface area contributed by atoms with Crippen molar-refractivity contribution in [3.8, 4) is 0 Å². The molecule has 0 radical (unpaired) electrons. The number of nitrogens with one attached hydrogen (secondary N) is 1. The number of hydrogen-bond acceptors (Lipinski definition) is 3. The van der Waals surface area contributed by atoms with Gasteiger partial charge >= 0.3 is 0 Å². The third-order valence-electron chi connectivity index (χ3n) is 5.82. The lowest BCUT2D eigenvalue weighted by atomic mass is 10.0. The van der Waals surface area contributed by atoms with Crippen LogP contribution in [0.1, 0.15) is 22.5 Å². The van der Waals surface area contributed by atoms with Gasteiger partial charge in [0.25, 0.3) is 0 Å². The molecule has 1 N–H and O–H groups in total. The second-order valence-corrected chi connectivity index (χ2v) is 9.33. The average Bonchev–Trinajstić information content (AvgIpc) is 3.41. The summed E-state index contributed by atoms with van der Waals surface area (Å²) < 4.78 is 5.37. The van der Waals surface area contributed by atoms with Crippen LogP contribution in [0.3, 0.4) is 0 Å². The van der Waals surface area contributed by atoms with Gasteiger partial charge in [0.05, 0.1) is 19.2 Å². The van der Waals surface area contributed by atoms with Crippen LogP contribution < -0.4 is 5.32 Å². The van der Waals surface area contributed by atoms with Crippen molar-refractivity contribution in [1.82, 2.24) is 10.2 Å². The molecule has 5 nitrogen and oxygen atoms in total. The predicted octanol–water partition coefficient (Wildman–Crippen LogP) is 6.09. The molecule has 2 amide bonds. The standard InChI is InChI=1S/C29H26Cl2N2O3/c30-24-12-8-22(9-13-24)18-28(34)33(20-23-10-14-25(31)15-11-23)27(17-21-5-2-1-3-6-21)29(35)32-19-26-7-4-16-36-26/h1-16,27H,17-20H2,(H,32,35)/t27-/m1/s1. The Labute approximate surface area is 220 Å². The van der Waals surface area contributed by atoms with Crippen LogP contribution in [0.15, 0.2) is 102 Å². The molecule has 1 heterocycles. The molecule has 0 unspecified atom stereocenters. The molecule has 0 spiro atoms. The fourth-order valence-electron chi connectivity index (χ4n) is 3.92. The summed E-state index contributed by atoms with van der Waals surface area (Å²) in [6.07, 6.45) is 2.07. The molecule has 0 aliphatic rings. The summed E-state index contributed by atoms with van der Waals surface area (Å²) in [5, 5.41) is 4.15. The monoisotopic (exact) mass is 520 g/mol. The smallest absolute Gasteiger partial charge is 0.243 e. The second-order valence-electron chi connectivity index (χ2n) is 8.45. The van der Waals surface area contributed by atoms with Gasteiger partial charge in [-0.25, -0.2) is 0 Å². The molecule has 0 aliphatic carbocycles. The number of nitrogens with zero attached hydrogens (tertiary/aromatic N) is 1. The second kappa shape index (κ2) is 12.4. The minimum atomic E-state index is -0.738. The summed E-state index contributed by atoms with van der Waals surface area (Å²) in [6.45, 7) is 0.493. The van der Waals surface area contributed by atoms with E-state index in [0.29, 0.717) is 22.2 Å². The lowest BCUT2D eigenvalue weighted by Gasteiger charge is -2.31. The van der Waals surface area contributed by atoms with Crippen LogP contribution in [0, 0.1) is 0 Å². The maximum atomic E-state index is 13.7. The Morgan fingerprint density at radius 1 is 0.778 bits per heavy atom. The molecule has 3 aromatic carbocycles. The van der Waals surface area contributed by atoms with Crippen molar-refractivity contribution in [1.29, 1.82) is 0 Å². The highest BCUT2D eigenvalue weighted by Crippen LogP contribution is 2.19. The Hall–Kier alpha value is -3.54. The van der Waals surface area contributed by atoms with Gasteiger partial charge in [0.15, 0.2) is 0 Å². The highest BCUT2D eigenvalue weighted by molar-refractivity contribution is 6.30. The first-order valence-electron chi connectivity index (χ1n) is 11.6. The molecule has 0 bridgehead atoms. The van der Waals surface area contributed by atoms with Gasteiger partial charge in [0.1, 0.15) is 11.8 Å². The van der Waals surface area contributed by atoms with E-state index in [1.165, 1.54) is 0 Å². The van der Waals surface area contributed by atoms with Gasteiger partial charge in [-0.2, -0.15) is 0 Å². The minimum Gasteiger partial charge on any atom is -0.467 e. The van der Waals surface area contributed by atoms with E-state index in [0.717, 1.165) is 16.7 Å². The average molecular weight is 521 g/mol. The number of carbonyl (C=O) groups is 2. The van der Waals surface area contributed by atoms with E-state index < -0.39 is 6.04 Å². The topological polar surface area (TPSA) is 62.6 Å². The van der Waals surface area contributed by atoms with Gasteiger partial charge in [-0.1, -0.05) is 77.8 Å². The number of carbonyl (C=O) groups excluding carboxylic acids is 2. The van der Waals surface area contributed by atoms with Crippen molar-refractivity contribution >= 4 is 35.0 Å². The van der Waals surface area contributed by atoms with Gasteiger partial charge in [-0.3, -0.25) is 9.59 Å². The summed E-state index contributed by atoms with van der Waals surface area (Å²) in [4.78, 5) is 28.9. The number of amides is 2. The molecular formula is C29H26Cl2N2O3. The molecule has 4 rings (SSSR count). The van der Waals surface area contributed by atoms with Crippen molar-refractivity contribution < 1.29 is 14.0 Å². The van der Waals surface area contributed by atoms with Crippen molar-refractivity contribution in [3.05, 3.63) is 130 Å². The molecule has 0 fully saturated rings. The normalized spacial score (nSPS) is 11.6. The molecule has 184 valence electrons. The van der Waals surface area contributed by atoms with Crippen LogP contribution >= 0.6 is 23.2 Å². The maximum absolute atomic E-state index is 13.7. The first-order chi connectivity index (χ1) is 17.5.